The first kappa shape index (κ1) is 10.9. The molecule has 2 aromatic carbocycles. The maximum atomic E-state index is 14.0. The van der Waals surface area contributed by atoms with Crippen molar-refractivity contribution in [3.05, 3.63) is 77.2 Å². The molecule has 0 fully saturated rings. The van der Waals surface area contributed by atoms with Crippen LogP contribution in [-0.4, -0.2) is 32.9 Å². The molecule has 0 amide bonds. The van der Waals surface area contributed by atoms with Gasteiger partial charge in [0.25, 0.3) is 5.56 Å². The smallest absolute Gasteiger partial charge is 0.264 e. The Morgan fingerprint density at radius 3 is 2.78 bits per heavy atom. The van der Waals surface area contributed by atoms with Gasteiger partial charge in [-0.2, -0.15) is 10.1 Å². The number of aromatic nitrogens is 4. The highest BCUT2D eigenvalue weighted by Gasteiger charge is 2.15. The lowest BCUT2D eigenvalue weighted by molar-refractivity contribution is 0.328. The summed E-state index contributed by atoms with van der Waals surface area (Å²) in [4.78, 5) is 18.3. The average Bonchev–Trinajstić information content (AvgIpc) is 3.32. The Morgan fingerprint density at radius 2 is 1.97 bits per heavy atom. The minimum Gasteiger partial charge on any atom is -0.497 e. The van der Waals surface area contributed by atoms with Crippen LogP contribution in [0.4, 0.5) is 0 Å². The number of benzene rings is 2. The highest BCUT2D eigenvalue weighted by molar-refractivity contribution is 5.88. The van der Waals surface area contributed by atoms with Gasteiger partial charge in [0.2, 0.25) is 5.88 Å². The van der Waals surface area contributed by atoms with Gasteiger partial charge in [-0.05, 0) is 60.9 Å². The molecule has 0 bridgehead atoms. The minimum absolute atomic E-state index is 0.00613. The van der Waals surface area contributed by atoms with E-state index in [0.29, 0.717) is 21.9 Å². The van der Waals surface area contributed by atoms with Crippen molar-refractivity contribution in [3.8, 4) is 28.4 Å². The fraction of sp³-hybridized carbons (Fsp3) is 0.160. The minimum atomic E-state index is -3.13. The Bertz CT molecular complexity index is 1890. The second kappa shape index (κ2) is 7.85. The van der Waals surface area contributed by atoms with Crippen LogP contribution in [-0.2, 0) is 6.98 Å². The molecule has 0 spiro atoms. The lowest BCUT2D eigenvalue weighted by Gasteiger charge is -2.14. The molecule has 0 saturated carbocycles. The summed E-state index contributed by atoms with van der Waals surface area (Å²) in [6.45, 7) is -8.70. The zero-order valence-electron chi connectivity index (χ0n) is 27.4. The molecule has 0 aliphatic carbocycles. The molecule has 0 radical (unpaired) electrons. The summed E-state index contributed by atoms with van der Waals surface area (Å²) in [6.07, 6.45) is 1.35. The van der Waals surface area contributed by atoms with Crippen molar-refractivity contribution >= 4 is 21.9 Å². The second-order valence-corrected chi connectivity index (χ2v) is 6.91. The number of nitrogens with zero attached hydrogens (tertiary/aromatic N) is 4. The molecule has 5 aromatic rings. The number of ether oxygens (including phenoxy) is 2. The highest BCUT2D eigenvalue weighted by Crippen LogP contribution is 2.27. The first-order valence-electron chi connectivity index (χ1n) is 14.9. The summed E-state index contributed by atoms with van der Waals surface area (Å²) in [5, 5.41) is 4.93. The van der Waals surface area contributed by atoms with E-state index in [1.807, 2.05) is 0 Å². The molecule has 0 aliphatic heterocycles. The van der Waals surface area contributed by atoms with E-state index in [9.17, 15) is 4.79 Å². The Morgan fingerprint density at radius 1 is 1.06 bits per heavy atom. The van der Waals surface area contributed by atoms with Crippen LogP contribution in [0.5, 0.6) is 11.6 Å². The molecule has 0 atom stereocenters. The van der Waals surface area contributed by atoms with Gasteiger partial charge >= 0.3 is 0 Å². The van der Waals surface area contributed by atoms with Gasteiger partial charge in [0.1, 0.15) is 5.75 Å². The summed E-state index contributed by atoms with van der Waals surface area (Å²) in [7, 11) is -2.70. The first-order chi connectivity index (χ1) is 19.8. The summed E-state index contributed by atoms with van der Waals surface area (Å²) in [6, 6.07) is 14.6. The van der Waals surface area contributed by atoms with Crippen LogP contribution in [0.25, 0.3) is 38.8 Å². The molecule has 7 heteroatoms. The molecule has 5 rings (SSSR count). The van der Waals surface area contributed by atoms with Crippen molar-refractivity contribution in [1.29, 1.82) is 0 Å². The number of hydrogen-bond acceptors (Lipinski definition) is 5. The average molecular weight is 438 g/mol. The number of methoxy groups -OCH3 is 1. The van der Waals surface area contributed by atoms with Crippen LogP contribution in [0.1, 0.15) is 21.9 Å². The number of hydrogen-bond donors (Lipinski definition) is 0. The van der Waals surface area contributed by atoms with Gasteiger partial charge < -0.3 is 9.47 Å². The van der Waals surface area contributed by atoms with E-state index in [2.05, 4.69) is 10.1 Å². The number of rotatable bonds is 5. The molecule has 32 heavy (non-hydrogen) atoms. The Balaban J connectivity index is 1.70. The standard InChI is InChI=1S/C25H22N4O3/c1-4-32-23-12-6-17-14-21(16-5-11-22-18(13-16)15-28(2)27-22)25(30)29(24(17)26-23)19-7-9-20(31-3)10-8-19/h5-15H,4H2,1-3H3/i1D3,2D3,3D3,4D2. The lowest BCUT2D eigenvalue weighted by Crippen LogP contribution is -2.21. The fourth-order valence-electron chi connectivity index (χ4n) is 3.58. The monoisotopic (exact) mass is 437 g/mol. The lowest BCUT2D eigenvalue weighted by atomic mass is 10.0. The zero-order chi connectivity index (χ0) is 31.5. The van der Waals surface area contributed by atoms with E-state index in [0.717, 1.165) is 4.68 Å². The summed E-state index contributed by atoms with van der Waals surface area (Å²) in [5.74, 6) is -0.382. The Hall–Kier alpha value is -4.13. The maximum absolute atomic E-state index is 14.0. The predicted octanol–water partition coefficient (Wildman–Crippen LogP) is 4.35. The molecule has 160 valence electrons. The summed E-state index contributed by atoms with van der Waals surface area (Å²) >= 11 is 0. The van der Waals surface area contributed by atoms with E-state index in [1.54, 1.807) is 18.2 Å². The zero-order valence-corrected chi connectivity index (χ0v) is 16.4. The Kier molecular flexibility index (Phi) is 2.69. The van der Waals surface area contributed by atoms with Gasteiger partial charge in [-0.3, -0.25) is 14.0 Å². The molecule has 0 N–H and O–H groups in total. The first-order valence-corrected chi connectivity index (χ1v) is 9.38. The number of aryl methyl sites for hydroxylation is 1. The van der Waals surface area contributed by atoms with E-state index in [4.69, 9.17) is 24.6 Å². The fourth-order valence-corrected chi connectivity index (χ4v) is 3.58. The molecular formula is C25H22N4O3. The van der Waals surface area contributed by atoms with Gasteiger partial charge in [0, 0.05) is 43.8 Å². The van der Waals surface area contributed by atoms with Crippen molar-refractivity contribution < 1.29 is 24.6 Å². The normalized spacial score (nSPS) is 17.9. The van der Waals surface area contributed by atoms with Gasteiger partial charge in [-0.1, -0.05) is 6.07 Å². The van der Waals surface area contributed by atoms with Crippen molar-refractivity contribution in [2.45, 2.75) is 6.85 Å². The number of fused-ring (bicyclic) bond motifs is 2. The van der Waals surface area contributed by atoms with E-state index < -0.39 is 38.9 Å². The van der Waals surface area contributed by atoms with E-state index in [-0.39, 0.29) is 22.6 Å². The quantitative estimate of drug-likeness (QED) is 0.409. The SMILES string of the molecule is [2H]C([2H])([2H])Oc1ccc(-n2c(=O)c(-c3ccc4nn(C([2H])([2H])[2H])cc4c3)cc3ccc(OC([2H])([2H])C([2H])([2H])[2H])nc32)cc1. The van der Waals surface area contributed by atoms with Crippen molar-refractivity contribution in [2.24, 2.45) is 6.98 Å². The van der Waals surface area contributed by atoms with Gasteiger partial charge in [-0.25, -0.2) is 0 Å². The van der Waals surface area contributed by atoms with Crippen LogP contribution in [0.2, 0.25) is 0 Å². The maximum Gasteiger partial charge on any atom is 0.264 e. The van der Waals surface area contributed by atoms with E-state index in [1.165, 1.54) is 53.2 Å². The number of pyridine rings is 2. The van der Waals surface area contributed by atoms with Crippen LogP contribution in [0, 0.1) is 0 Å². The largest absolute Gasteiger partial charge is 0.497 e. The molecule has 0 aliphatic rings. The molecule has 0 saturated heterocycles. The second-order valence-electron chi connectivity index (χ2n) is 6.91. The van der Waals surface area contributed by atoms with Gasteiger partial charge in [0.15, 0.2) is 5.65 Å². The van der Waals surface area contributed by atoms with Crippen molar-refractivity contribution in [3.63, 3.8) is 0 Å². The summed E-state index contributed by atoms with van der Waals surface area (Å²) < 4.78 is 94.6. The summed E-state index contributed by atoms with van der Waals surface area (Å²) in [5.41, 5.74) is 0.649. The molecule has 0 unspecified atom stereocenters. The van der Waals surface area contributed by atoms with Crippen molar-refractivity contribution in [1.82, 2.24) is 19.3 Å². The molecule has 7 nitrogen and oxygen atoms in total. The van der Waals surface area contributed by atoms with Crippen LogP contribution < -0.4 is 15.0 Å². The molecule has 3 aromatic heterocycles. The molecule has 3 heterocycles. The topological polar surface area (TPSA) is 71.2 Å². The van der Waals surface area contributed by atoms with E-state index >= 15 is 0 Å². The van der Waals surface area contributed by atoms with Crippen LogP contribution >= 0.6 is 0 Å². The predicted molar refractivity (Wildman–Crippen MR) is 125 cm³/mol. The van der Waals surface area contributed by atoms with Gasteiger partial charge in [0.05, 0.1) is 31.7 Å². The Labute approximate surface area is 199 Å². The third-order valence-corrected chi connectivity index (χ3v) is 5.01. The third-order valence-electron chi connectivity index (χ3n) is 5.01. The third kappa shape index (κ3) is 3.37. The van der Waals surface area contributed by atoms with Gasteiger partial charge in [-0.15, -0.1) is 0 Å². The highest BCUT2D eigenvalue weighted by atomic mass is 16.5. The van der Waals surface area contributed by atoms with Crippen LogP contribution in [0.3, 0.4) is 0 Å². The van der Waals surface area contributed by atoms with Crippen molar-refractivity contribution in [2.75, 3.05) is 13.6 Å². The van der Waals surface area contributed by atoms with Crippen LogP contribution in [0.15, 0.2) is 71.7 Å². The molecular weight excluding hydrogens is 404 g/mol.